The molecule has 0 amide bonds. The zero-order valence-electron chi connectivity index (χ0n) is 17.3. The van der Waals surface area contributed by atoms with Crippen molar-refractivity contribution in [3.63, 3.8) is 0 Å². The lowest BCUT2D eigenvalue weighted by Crippen LogP contribution is -2.10. The predicted molar refractivity (Wildman–Crippen MR) is 128 cm³/mol. The van der Waals surface area contributed by atoms with Crippen LogP contribution in [0.5, 0.6) is 5.75 Å². The van der Waals surface area contributed by atoms with Crippen LogP contribution in [0.2, 0.25) is 0 Å². The van der Waals surface area contributed by atoms with E-state index in [4.69, 9.17) is 4.74 Å². The van der Waals surface area contributed by atoms with E-state index in [0.717, 1.165) is 28.4 Å². The highest BCUT2D eigenvalue weighted by Gasteiger charge is 2.14. The van der Waals surface area contributed by atoms with E-state index >= 15 is 0 Å². The Labute approximate surface area is 178 Å². The number of para-hydroxylation sites is 2. The second-order valence-corrected chi connectivity index (χ2v) is 7.13. The first-order valence-electron chi connectivity index (χ1n) is 10.1. The van der Waals surface area contributed by atoms with Crippen molar-refractivity contribution in [2.24, 2.45) is 0 Å². The van der Waals surface area contributed by atoms with E-state index in [0.29, 0.717) is 0 Å². The normalized spacial score (nSPS) is 11.2. The SMILES string of the molecule is COc1cc(N(c2ccccc2)c2ccccc2)ccc1/C=C(\C)c1ccccc1. The van der Waals surface area contributed by atoms with Crippen molar-refractivity contribution >= 4 is 28.7 Å². The molecule has 2 heteroatoms. The van der Waals surface area contributed by atoms with E-state index in [1.165, 1.54) is 11.1 Å². The smallest absolute Gasteiger partial charge is 0.128 e. The van der Waals surface area contributed by atoms with Crippen molar-refractivity contribution in [3.8, 4) is 5.75 Å². The average Bonchev–Trinajstić information content (AvgIpc) is 2.82. The summed E-state index contributed by atoms with van der Waals surface area (Å²) < 4.78 is 5.77. The Morgan fingerprint density at radius 1 is 0.667 bits per heavy atom. The number of rotatable bonds is 6. The molecule has 0 fully saturated rings. The van der Waals surface area contributed by atoms with Crippen molar-refractivity contribution in [1.29, 1.82) is 0 Å². The fourth-order valence-electron chi connectivity index (χ4n) is 3.58. The van der Waals surface area contributed by atoms with E-state index in [2.05, 4.69) is 109 Å². The van der Waals surface area contributed by atoms with Gasteiger partial charge in [-0.2, -0.15) is 0 Å². The summed E-state index contributed by atoms with van der Waals surface area (Å²) in [6.07, 6.45) is 2.17. The molecule has 148 valence electrons. The first-order valence-corrected chi connectivity index (χ1v) is 10.1. The number of hydrogen-bond acceptors (Lipinski definition) is 2. The maximum Gasteiger partial charge on any atom is 0.128 e. The average molecular weight is 392 g/mol. The lowest BCUT2D eigenvalue weighted by atomic mass is 10.0. The third-order valence-electron chi connectivity index (χ3n) is 5.11. The molecule has 0 N–H and O–H groups in total. The fraction of sp³-hybridized carbons (Fsp3) is 0.0714. The number of methoxy groups -OCH3 is 1. The third kappa shape index (κ3) is 4.28. The predicted octanol–water partition coefficient (Wildman–Crippen LogP) is 7.73. The highest BCUT2D eigenvalue weighted by atomic mass is 16.5. The van der Waals surface area contributed by atoms with Gasteiger partial charge in [-0.15, -0.1) is 0 Å². The van der Waals surface area contributed by atoms with Crippen LogP contribution in [-0.2, 0) is 0 Å². The first-order chi connectivity index (χ1) is 14.8. The van der Waals surface area contributed by atoms with Gasteiger partial charge in [-0.25, -0.2) is 0 Å². The summed E-state index contributed by atoms with van der Waals surface area (Å²) in [5.41, 5.74) is 6.73. The van der Waals surface area contributed by atoms with Crippen LogP contribution in [0.3, 0.4) is 0 Å². The summed E-state index contributed by atoms with van der Waals surface area (Å²) in [4.78, 5) is 2.24. The molecule has 0 spiro atoms. The molecular formula is C28H25NO. The summed E-state index contributed by atoms with van der Waals surface area (Å²) >= 11 is 0. The number of hydrogen-bond donors (Lipinski definition) is 0. The van der Waals surface area contributed by atoms with Gasteiger partial charge in [-0.1, -0.05) is 66.7 Å². The van der Waals surface area contributed by atoms with Crippen LogP contribution in [-0.4, -0.2) is 7.11 Å². The van der Waals surface area contributed by atoms with E-state index in [1.807, 2.05) is 18.2 Å². The maximum absolute atomic E-state index is 5.77. The van der Waals surface area contributed by atoms with Gasteiger partial charge in [0.25, 0.3) is 0 Å². The lowest BCUT2D eigenvalue weighted by molar-refractivity contribution is 0.414. The largest absolute Gasteiger partial charge is 0.496 e. The molecule has 0 aromatic heterocycles. The van der Waals surface area contributed by atoms with Gasteiger partial charge in [0, 0.05) is 28.7 Å². The van der Waals surface area contributed by atoms with Crippen LogP contribution < -0.4 is 9.64 Å². The number of ether oxygens (including phenoxy) is 1. The first kappa shape index (κ1) is 19.5. The Bertz CT molecular complexity index is 1080. The molecule has 0 saturated heterocycles. The van der Waals surface area contributed by atoms with Crippen molar-refractivity contribution in [2.45, 2.75) is 6.92 Å². The van der Waals surface area contributed by atoms with Gasteiger partial charge in [-0.05, 0) is 60.5 Å². The molecule has 2 nitrogen and oxygen atoms in total. The molecule has 4 aromatic carbocycles. The number of nitrogens with zero attached hydrogens (tertiary/aromatic N) is 1. The highest BCUT2D eigenvalue weighted by molar-refractivity contribution is 5.84. The topological polar surface area (TPSA) is 12.5 Å². The molecule has 0 saturated carbocycles. The molecule has 0 bridgehead atoms. The molecule has 0 aliphatic heterocycles. The molecule has 4 aromatic rings. The van der Waals surface area contributed by atoms with Crippen molar-refractivity contribution in [2.75, 3.05) is 12.0 Å². The summed E-state index contributed by atoms with van der Waals surface area (Å²) in [5, 5.41) is 0. The minimum absolute atomic E-state index is 0.847. The van der Waals surface area contributed by atoms with Gasteiger partial charge in [0.05, 0.1) is 7.11 Å². The fourth-order valence-corrected chi connectivity index (χ4v) is 3.58. The van der Waals surface area contributed by atoms with E-state index in [1.54, 1.807) is 7.11 Å². The minimum Gasteiger partial charge on any atom is -0.496 e. The van der Waals surface area contributed by atoms with Crippen LogP contribution in [0.15, 0.2) is 109 Å². The maximum atomic E-state index is 5.77. The summed E-state index contributed by atoms with van der Waals surface area (Å²) in [6, 6.07) is 37.6. The lowest BCUT2D eigenvalue weighted by Gasteiger charge is -2.26. The molecule has 0 unspecified atom stereocenters. The van der Waals surface area contributed by atoms with Crippen molar-refractivity contribution in [1.82, 2.24) is 0 Å². The molecule has 0 aliphatic carbocycles. The van der Waals surface area contributed by atoms with Gasteiger partial charge in [0.1, 0.15) is 5.75 Å². The molecule has 0 radical (unpaired) electrons. The number of allylic oxidation sites excluding steroid dienone is 1. The van der Waals surface area contributed by atoms with Crippen LogP contribution in [0, 0.1) is 0 Å². The Balaban J connectivity index is 1.77. The quantitative estimate of drug-likeness (QED) is 0.312. The summed E-state index contributed by atoms with van der Waals surface area (Å²) in [7, 11) is 1.73. The Kier molecular flexibility index (Phi) is 5.95. The van der Waals surface area contributed by atoms with Crippen LogP contribution in [0.1, 0.15) is 18.1 Å². The van der Waals surface area contributed by atoms with Gasteiger partial charge in [-0.3, -0.25) is 0 Å². The van der Waals surface area contributed by atoms with Gasteiger partial charge >= 0.3 is 0 Å². The van der Waals surface area contributed by atoms with Crippen molar-refractivity contribution in [3.05, 3.63) is 120 Å². The molecule has 0 heterocycles. The molecule has 4 rings (SSSR count). The van der Waals surface area contributed by atoms with Crippen LogP contribution in [0.4, 0.5) is 17.1 Å². The standard InChI is InChI=1S/C28H25NO/c1-22(23-12-6-3-7-13-23)20-24-18-19-27(21-28(24)30-2)29(25-14-8-4-9-15-25)26-16-10-5-11-17-26/h3-21H,1-2H3/b22-20+. The van der Waals surface area contributed by atoms with Crippen LogP contribution in [0.25, 0.3) is 11.6 Å². The van der Waals surface area contributed by atoms with E-state index < -0.39 is 0 Å². The monoisotopic (exact) mass is 391 g/mol. The summed E-state index contributed by atoms with van der Waals surface area (Å²) in [5.74, 6) is 0.847. The second-order valence-electron chi connectivity index (χ2n) is 7.13. The molecule has 0 atom stereocenters. The van der Waals surface area contributed by atoms with Gasteiger partial charge in [0.15, 0.2) is 0 Å². The highest BCUT2D eigenvalue weighted by Crippen LogP contribution is 2.37. The third-order valence-corrected chi connectivity index (χ3v) is 5.11. The van der Waals surface area contributed by atoms with Gasteiger partial charge in [0.2, 0.25) is 0 Å². The summed E-state index contributed by atoms with van der Waals surface area (Å²) in [6.45, 7) is 2.13. The molecule has 30 heavy (non-hydrogen) atoms. The Morgan fingerprint density at radius 2 is 1.20 bits per heavy atom. The Hall–Kier alpha value is -3.78. The van der Waals surface area contributed by atoms with Crippen LogP contribution >= 0.6 is 0 Å². The molecule has 0 aliphatic rings. The second kappa shape index (κ2) is 9.15. The zero-order chi connectivity index (χ0) is 20.8. The van der Waals surface area contributed by atoms with E-state index in [-0.39, 0.29) is 0 Å². The van der Waals surface area contributed by atoms with E-state index in [9.17, 15) is 0 Å². The molecular weight excluding hydrogens is 366 g/mol. The van der Waals surface area contributed by atoms with Crippen molar-refractivity contribution < 1.29 is 4.74 Å². The zero-order valence-corrected chi connectivity index (χ0v) is 17.3. The number of anilines is 3. The van der Waals surface area contributed by atoms with Gasteiger partial charge < -0.3 is 9.64 Å². The minimum atomic E-state index is 0.847. The number of benzene rings is 4. The Morgan fingerprint density at radius 3 is 1.73 bits per heavy atom.